The molecule has 0 saturated heterocycles. The van der Waals surface area contributed by atoms with Gasteiger partial charge in [0.25, 0.3) is 5.91 Å². The molecule has 1 heterocycles. The van der Waals surface area contributed by atoms with Crippen LogP contribution in [0.4, 0.5) is 0 Å². The average Bonchev–Trinajstić information content (AvgIpc) is 2.88. The van der Waals surface area contributed by atoms with Gasteiger partial charge < -0.3 is 10.0 Å². The van der Waals surface area contributed by atoms with Crippen LogP contribution in [0.5, 0.6) is 0 Å². The molecular formula is C14H19NO2S2. The second kappa shape index (κ2) is 8.26. The molecule has 104 valence electrons. The minimum Gasteiger partial charge on any atom is -0.384 e. The Hall–Kier alpha value is -0.960. The number of carbonyl (C=O) groups is 1. The molecule has 1 aromatic rings. The lowest BCUT2D eigenvalue weighted by Gasteiger charge is -2.24. The number of aliphatic hydroxyl groups excluding tert-OH is 1. The largest absolute Gasteiger partial charge is 0.384 e. The minimum atomic E-state index is -0.191. The first kappa shape index (κ1) is 16.1. The van der Waals surface area contributed by atoms with Crippen LogP contribution in [0.1, 0.15) is 28.6 Å². The van der Waals surface area contributed by atoms with Crippen LogP contribution in [0.25, 0.3) is 0 Å². The summed E-state index contributed by atoms with van der Waals surface area (Å²) in [6, 6.07) is 2.03. The molecule has 19 heavy (non-hydrogen) atoms. The summed E-state index contributed by atoms with van der Waals surface area (Å²) in [5, 5.41) is 10.6. The number of rotatable bonds is 5. The zero-order valence-electron chi connectivity index (χ0n) is 11.5. The highest BCUT2D eigenvalue weighted by molar-refractivity contribution is 7.98. The van der Waals surface area contributed by atoms with Crippen molar-refractivity contribution < 1.29 is 9.90 Å². The topological polar surface area (TPSA) is 40.5 Å². The van der Waals surface area contributed by atoms with E-state index in [-0.39, 0.29) is 18.6 Å². The molecular weight excluding hydrogens is 278 g/mol. The predicted octanol–water partition coefficient (Wildman–Crippen LogP) is 2.31. The van der Waals surface area contributed by atoms with E-state index in [9.17, 15) is 4.79 Å². The second-order valence-corrected chi connectivity index (χ2v) is 6.07. The molecule has 1 rings (SSSR count). The zero-order valence-corrected chi connectivity index (χ0v) is 13.1. The maximum absolute atomic E-state index is 12.4. The van der Waals surface area contributed by atoms with Crippen LogP contribution in [0.15, 0.2) is 11.4 Å². The molecule has 0 aromatic carbocycles. The van der Waals surface area contributed by atoms with E-state index in [1.54, 1.807) is 16.7 Å². The van der Waals surface area contributed by atoms with Crippen molar-refractivity contribution in [3.05, 3.63) is 21.9 Å². The molecule has 0 bridgehead atoms. The fourth-order valence-electron chi connectivity index (χ4n) is 1.55. The van der Waals surface area contributed by atoms with Crippen molar-refractivity contribution in [2.45, 2.75) is 19.4 Å². The number of thioether (sulfide) groups is 1. The van der Waals surface area contributed by atoms with Gasteiger partial charge in [0.2, 0.25) is 0 Å². The highest BCUT2D eigenvalue weighted by Gasteiger charge is 2.20. The van der Waals surface area contributed by atoms with E-state index < -0.39 is 0 Å². The lowest BCUT2D eigenvalue weighted by atomic mass is 10.2. The second-order valence-electron chi connectivity index (χ2n) is 4.17. The van der Waals surface area contributed by atoms with E-state index in [0.717, 1.165) is 12.2 Å². The maximum atomic E-state index is 12.4. The number of hydrogen-bond acceptors (Lipinski definition) is 4. The molecule has 0 aliphatic heterocycles. The third-order valence-corrected chi connectivity index (χ3v) is 4.43. The van der Waals surface area contributed by atoms with Gasteiger partial charge in [-0.05, 0) is 36.8 Å². The standard InChI is InChI=1S/C14H19NO2S2/c1-11(6-9-18-3)15(2)14(17)13-12(5-4-8-16)7-10-19-13/h7,10-11,16H,6,8-9H2,1-3H3. The van der Waals surface area contributed by atoms with Gasteiger partial charge in [-0.2, -0.15) is 11.8 Å². The SMILES string of the molecule is CSCCC(C)N(C)C(=O)c1sccc1C#CCO. The highest BCUT2D eigenvalue weighted by atomic mass is 32.2. The maximum Gasteiger partial charge on any atom is 0.265 e. The van der Waals surface area contributed by atoms with Gasteiger partial charge in [0.05, 0.1) is 0 Å². The van der Waals surface area contributed by atoms with Crippen LogP contribution in [-0.4, -0.2) is 47.6 Å². The molecule has 1 N–H and O–H groups in total. The zero-order chi connectivity index (χ0) is 14.3. The van der Waals surface area contributed by atoms with Gasteiger partial charge in [-0.1, -0.05) is 11.8 Å². The summed E-state index contributed by atoms with van der Waals surface area (Å²) in [6.07, 6.45) is 3.04. The number of hydrogen-bond donors (Lipinski definition) is 1. The lowest BCUT2D eigenvalue weighted by molar-refractivity contribution is 0.0746. The Kier molecular flexibility index (Phi) is 7.00. The molecule has 0 spiro atoms. The normalized spacial score (nSPS) is 11.6. The Balaban J connectivity index is 2.79. The fourth-order valence-corrected chi connectivity index (χ4v) is 2.96. The van der Waals surface area contributed by atoms with Crippen molar-refractivity contribution >= 4 is 29.0 Å². The van der Waals surface area contributed by atoms with Gasteiger partial charge in [0.1, 0.15) is 11.5 Å². The van der Waals surface area contributed by atoms with E-state index in [2.05, 4.69) is 25.0 Å². The van der Waals surface area contributed by atoms with Gasteiger partial charge in [0, 0.05) is 18.7 Å². The Morgan fingerprint density at radius 1 is 1.63 bits per heavy atom. The smallest absolute Gasteiger partial charge is 0.265 e. The number of carbonyl (C=O) groups excluding carboxylic acids is 1. The summed E-state index contributed by atoms with van der Waals surface area (Å²) >= 11 is 3.18. The van der Waals surface area contributed by atoms with Crippen molar-refractivity contribution in [2.75, 3.05) is 25.7 Å². The summed E-state index contributed by atoms with van der Waals surface area (Å²) in [5.74, 6) is 6.45. The van der Waals surface area contributed by atoms with E-state index in [1.807, 2.05) is 18.5 Å². The van der Waals surface area contributed by atoms with Crippen molar-refractivity contribution in [1.29, 1.82) is 0 Å². The number of thiophene rings is 1. The summed E-state index contributed by atoms with van der Waals surface area (Å²) in [4.78, 5) is 14.8. The Morgan fingerprint density at radius 3 is 3.00 bits per heavy atom. The monoisotopic (exact) mass is 297 g/mol. The fraction of sp³-hybridized carbons (Fsp3) is 0.500. The van der Waals surface area contributed by atoms with Gasteiger partial charge >= 0.3 is 0 Å². The molecule has 1 unspecified atom stereocenters. The van der Waals surface area contributed by atoms with Crippen LogP contribution in [0, 0.1) is 11.8 Å². The summed E-state index contributed by atoms with van der Waals surface area (Å²) in [7, 11) is 1.83. The Labute approximate surface area is 123 Å². The number of nitrogens with zero attached hydrogens (tertiary/aromatic N) is 1. The van der Waals surface area contributed by atoms with E-state index in [4.69, 9.17) is 5.11 Å². The van der Waals surface area contributed by atoms with Crippen LogP contribution >= 0.6 is 23.1 Å². The average molecular weight is 297 g/mol. The molecule has 0 saturated carbocycles. The van der Waals surface area contributed by atoms with Gasteiger partial charge in [-0.3, -0.25) is 4.79 Å². The highest BCUT2D eigenvalue weighted by Crippen LogP contribution is 2.19. The van der Waals surface area contributed by atoms with Gasteiger partial charge in [-0.25, -0.2) is 0 Å². The number of amides is 1. The molecule has 1 aromatic heterocycles. The van der Waals surface area contributed by atoms with Gasteiger partial charge in [0.15, 0.2) is 0 Å². The lowest BCUT2D eigenvalue weighted by Crippen LogP contribution is -2.35. The van der Waals surface area contributed by atoms with Crippen LogP contribution in [-0.2, 0) is 0 Å². The van der Waals surface area contributed by atoms with Crippen molar-refractivity contribution in [3.8, 4) is 11.8 Å². The minimum absolute atomic E-state index is 0.00541. The summed E-state index contributed by atoms with van der Waals surface area (Å²) in [5.41, 5.74) is 0.702. The van der Waals surface area contributed by atoms with Crippen molar-refractivity contribution in [1.82, 2.24) is 4.90 Å². The molecule has 1 atom stereocenters. The molecule has 0 aliphatic rings. The van der Waals surface area contributed by atoms with Crippen LogP contribution in [0.2, 0.25) is 0 Å². The molecule has 3 nitrogen and oxygen atoms in total. The Morgan fingerprint density at radius 2 is 2.37 bits per heavy atom. The summed E-state index contributed by atoms with van der Waals surface area (Å²) in [6.45, 7) is 1.87. The predicted molar refractivity (Wildman–Crippen MR) is 82.8 cm³/mol. The van der Waals surface area contributed by atoms with E-state index >= 15 is 0 Å². The van der Waals surface area contributed by atoms with Crippen molar-refractivity contribution in [2.24, 2.45) is 0 Å². The van der Waals surface area contributed by atoms with Crippen molar-refractivity contribution in [3.63, 3.8) is 0 Å². The van der Waals surface area contributed by atoms with Crippen LogP contribution in [0.3, 0.4) is 0 Å². The number of aliphatic hydroxyl groups is 1. The first-order chi connectivity index (χ1) is 9.11. The molecule has 0 radical (unpaired) electrons. The quantitative estimate of drug-likeness (QED) is 0.848. The first-order valence-corrected chi connectivity index (χ1v) is 8.32. The molecule has 5 heteroatoms. The summed E-state index contributed by atoms with van der Waals surface area (Å²) < 4.78 is 0. The third-order valence-electron chi connectivity index (χ3n) is 2.88. The molecule has 1 amide bonds. The first-order valence-electron chi connectivity index (χ1n) is 6.05. The molecule has 0 aliphatic carbocycles. The Bertz CT molecular complexity index is 473. The van der Waals surface area contributed by atoms with Crippen LogP contribution < -0.4 is 0 Å². The van der Waals surface area contributed by atoms with E-state index in [0.29, 0.717) is 10.4 Å². The molecule has 0 fully saturated rings. The van der Waals surface area contributed by atoms with E-state index in [1.165, 1.54) is 11.3 Å². The third kappa shape index (κ3) is 4.57. The van der Waals surface area contributed by atoms with Gasteiger partial charge in [-0.15, -0.1) is 11.3 Å².